The predicted molar refractivity (Wildman–Crippen MR) is 80.8 cm³/mol. The number of hydroxylamine groups is 1. The molecule has 0 radical (unpaired) electrons. The first-order chi connectivity index (χ1) is 10.3. The molecule has 0 spiro atoms. The highest BCUT2D eigenvalue weighted by Gasteiger charge is 2.16. The van der Waals surface area contributed by atoms with Gasteiger partial charge < -0.3 is 5.11 Å². The van der Waals surface area contributed by atoms with Crippen molar-refractivity contribution in [3.63, 3.8) is 0 Å². The van der Waals surface area contributed by atoms with Gasteiger partial charge in [-0.15, -0.1) is 0 Å². The van der Waals surface area contributed by atoms with Crippen LogP contribution in [0.15, 0.2) is 60.7 Å². The Kier molecular flexibility index (Phi) is 5.88. The molecule has 0 bridgehead atoms. The molecule has 0 saturated heterocycles. The van der Waals surface area contributed by atoms with Crippen molar-refractivity contribution >= 4 is 11.5 Å². The normalized spacial score (nSPS) is 11.7. The molecule has 4 nitrogen and oxygen atoms in total. The van der Waals surface area contributed by atoms with Crippen LogP contribution in [0.25, 0.3) is 5.57 Å². The molecule has 2 rings (SSSR count). The molecular weight excluding hydrogens is 266 g/mol. The smallest absolute Gasteiger partial charge is 0.130 e. The van der Waals surface area contributed by atoms with Gasteiger partial charge >= 0.3 is 0 Å². The summed E-state index contributed by atoms with van der Waals surface area (Å²) < 4.78 is 0. The Labute approximate surface area is 123 Å². The van der Waals surface area contributed by atoms with Gasteiger partial charge in [-0.2, -0.15) is 5.48 Å². The summed E-state index contributed by atoms with van der Waals surface area (Å²) in [6.45, 7) is 0.0898. The van der Waals surface area contributed by atoms with E-state index in [1.807, 2.05) is 54.5 Å². The fraction of sp³-hybridized carbons (Fsp3) is 0.176. The van der Waals surface area contributed by atoms with E-state index < -0.39 is 6.04 Å². The summed E-state index contributed by atoms with van der Waals surface area (Å²) in [6.07, 6.45) is 0. The van der Waals surface area contributed by atoms with Gasteiger partial charge in [0.05, 0.1) is 24.8 Å². The first-order valence-electron chi connectivity index (χ1n) is 6.67. The van der Waals surface area contributed by atoms with Crippen molar-refractivity contribution in [3.8, 4) is 0 Å². The first kappa shape index (κ1) is 15.2. The van der Waals surface area contributed by atoms with Crippen molar-refractivity contribution in [2.45, 2.75) is 12.6 Å². The van der Waals surface area contributed by atoms with Gasteiger partial charge in [0.2, 0.25) is 0 Å². The molecule has 0 saturated carbocycles. The van der Waals surface area contributed by atoms with Crippen LogP contribution in [-0.4, -0.2) is 23.7 Å². The Balaban J connectivity index is 1.97. The van der Waals surface area contributed by atoms with Crippen molar-refractivity contribution in [1.82, 2.24) is 5.48 Å². The molecule has 0 aliphatic rings. The molecule has 2 aromatic rings. The first-order valence-corrected chi connectivity index (χ1v) is 6.67. The fourth-order valence-corrected chi connectivity index (χ4v) is 1.94. The summed E-state index contributed by atoms with van der Waals surface area (Å²) in [6, 6.07) is 18.1. The summed E-state index contributed by atoms with van der Waals surface area (Å²) in [5.41, 5.74) is 4.77. The maximum atomic E-state index is 11.2. The van der Waals surface area contributed by atoms with Crippen LogP contribution < -0.4 is 5.48 Å². The minimum Gasteiger partial charge on any atom is -0.394 e. The number of aliphatic hydroxyl groups excluding tert-OH is 1. The maximum Gasteiger partial charge on any atom is 0.130 e. The van der Waals surface area contributed by atoms with E-state index in [-0.39, 0.29) is 6.61 Å². The topological polar surface area (TPSA) is 58.6 Å². The predicted octanol–water partition coefficient (Wildman–Crippen LogP) is 1.98. The summed E-state index contributed by atoms with van der Waals surface area (Å²) in [7, 11) is 0. The second-order valence-electron chi connectivity index (χ2n) is 4.51. The number of carbonyl (C=O) groups excluding carboxylic acids is 1. The van der Waals surface area contributed by atoms with Gasteiger partial charge in [0.25, 0.3) is 0 Å². The van der Waals surface area contributed by atoms with Gasteiger partial charge in [-0.05, 0) is 11.1 Å². The van der Waals surface area contributed by atoms with E-state index in [2.05, 4.69) is 5.48 Å². The summed E-state index contributed by atoms with van der Waals surface area (Å²) in [5, 5.41) is 9.44. The van der Waals surface area contributed by atoms with Crippen LogP contribution in [0.3, 0.4) is 0 Å². The molecule has 0 heterocycles. The highest BCUT2D eigenvalue weighted by atomic mass is 16.6. The summed E-state index contributed by atoms with van der Waals surface area (Å²) in [4.78, 5) is 16.5. The summed E-state index contributed by atoms with van der Waals surface area (Å²) in [5.74, 6) is 1.88. The molecule has 108 valence electrons. The molecule has 21 heavy (non-hydrogen) atoms. The molecule has 1 atom stereocenters. The minimum absolute atomic E-state index is 0.256. The molecule has 0 aromatic heterocycles. The molecule has 0 unspecified atom stereocenters. The number of aliphatic hydroxyl groups is 1. The molecule has 2 aromatic carbocycles. The minimum atomic E-state index is -0.617. The van der Waals surface area contributed by atoms with Crippen LogP contribution >= 0.6 is 0 Å². The molecular formula is C17H17NO3. The van der Waals surface area contributed by atoms with Gasteiger partial charge in [-0.1, -0.05) is 60.7 Å². The largest absolute Gasteiger partial charge is 0.394 e. The lowest BCUT2D eigenvalue weighted by atomic mass is 10.0. The zero-order valence-electron chi connectivity index (χ0n) is 11.5. The number of nitrogens with one attached hydrogen (secondary N) is 1. The molecule has 0 aliphatic carbocycles. The Bertz CT molecular complexity index is 592. The van der Waals surface area contributed by atoms with Crippen molar-refractivity contribution < 1.29 is 14.7 Å². The Hall–Kier alpha value is -2.23. The van der Waals surface area contributed by atoms with Crippen molar-refractivity contribution in [2.24, 2.45) is 0 Å². The van der Waals surface area contributed by atoms with Crippen LogP contribution in [0.2, 0.25) is 0 Å². The van der Waals surface area contributed by atoms with Crippen LogP contribution in [-0.2, 0) is 16.2 Å². The van der Waals surface area contributed by atoms with E-state index in [0.717, 1.165) is 5.56 Å². The van der Waals surface area contributed by atoms with Crippen molar-refractivity contribution in [2.75, 3.05) is 6.61 Å². The molecule has 0 amide bonds. The van der Waals surface area contributed by atoms with Crippen LogP contribution in [0.1, 0.15) is 11.1 Å². The third-order valence-electron chi connectivity index (χ3n) is 3.03. The summed E-state index contributed by atoms with van der Waals surface area (Å²) >= 11 is 0. The second kappa shape index (κ2) is 8.15. The van der Waals surface area contributed by atoms with Gasteiger partial charge in [-0.3, -0.25) is 4.84 Å². The zero-order chi connectivity index (χ0) is 14.9. The third-order valence-corrected chi connectivity index (χ3v) is 3.03. The number of rotatable bonds is 7. The van der Waals surface area contributed by atoms with Crippen molar-refractivity contribution in [1.29, 1.82) is 0 Å². The van der Waals surface area contributed by atoms with E-state index in [1.54, 1.807) is 12.1 Å². The number of hydrogen-bond acceptors (Lipinski definition) is 4. The third kappa shape index (κ3) is 4.38. The highest BCUT2D eigenvalue weighted by Crippen LogP contribution is 2.15. The molecule has 2 N–H and O–H groups in total. The lowest BCUT2D eigenvalue weighted by Crippen LogP contribution is -2.34. The van der Waals surface area contributed by atoms with Gasteiger partial charge in [0.1, 0.15) is 5.94 Å². The van der Waals surface area contributed by atoms with E-state index in [1.165, 1.54) is 0 Å². The lowest BCUT2D eigenvalue weighted by Gasteiger charge is -2.17. The van der Waals surface area contributed by atoms with Crippen molar-refractivity contribution in [3.05, 3.63) is 71.8 Å². The quantitative estimate of drug-likeness (QED) is 0.602. The average molecular weight is 283 g/mol. The monoisotopic (exact) mass is 283 g/mol. The van der Waals surface area contributed by atoms with Gasteiger partial charge in [0, 0.05) is 0 Å². The van der Waals surface area contributed by atoms with Crippen LogP contribution in [0, 0.1) is 0 Å². The number of hydrogen-bond donors (Lipinski definition) is 2. The molecule has 4 heteroatoms. The zero-order valence-corrected chi connectivity index (χ0v) is 11.5. The van der Waals surface area contributed by atoms with Crippen LogP contribution in [0.5, 0.6) is 0 Å². The Morgan fingerprint density at radius 2 is 1.71 bits per heavy atom. The van der Waals surface area contributed by atoms with Crippen LogP contribution in [0.4, 0.5) is 0 Å². The lowest BCUT2D eigenvalue weighted by molar-refractivity contribution is 0.00454. The Morgan fingerprint density at radius 3 is 2.29 bits per heavy atom. The maximum absolute atomic E-state index is 11.2. The van der Waals surface area contributed by atoms with Gasteiger partial charge in [-0.25, -0.2) is 4.79 Å². The van der Waals surface area contributed by atoms with E-state index in [0.29, 0.717) is 17.7 Å². The van der Waals surface area contributed by atoms with E-state index in [4.69, 9.17) is 4.84 Å². The highest BCUT2D eigenvalue weighted by molar-refractivity contribution is 5.90. The SMILES string of the molecule is O=C=C(c1ccccc1)[C@H](CO)NOCc1ccccc1. The standard InChI is InChI=1S/C17H17NO3/c19-11-16(15-9-5-2-6-10-15)17(12-20)18-21-13-14-7-3-1-4-8-14/h1-10,17-18,20H,12-13H2/t17-/m0/s1. The fourth-order valence-electron chi connectivity index (χ4n) is 1.94. The molecule has 0 aliphatic heterocycles. The second-order valence-corrected chi connectivity index (χ2v) is 4.51. The number of benzene rings is 2. The van der Waals surface area contributed by atoms with Gasteiger partial charge in [0.15, 0.2) is 0 Å². The molecule has 0 fully saturated rings. The average Bonchev–Trinajstić information content (AvgIpc) is 2.56. The van der Waals surface area contributed by atoms with E-state index in [9.17, 15) is 9.90 Å². The Morgan fingerprint density at radius 1 is 1.10 bits per heavy atom. The van der Waals surface area contributed by atoms with E-state index >= 15 is 0 Å².